The molecule has 2 saturated carbocycles. The molecule has 2 N–H and O–H groups in total. The third-order valence-corrected chi connectivity index (χ3v) is 5.30. The Balaban J connectivity index is 1.68. The van der Waals surface area contributed by atoms with E-state index in [4.69, 9.17) is 0 Å². The van der Waals surface area contributed by atoms with Gasteiger partial charge in [0, 0.05) is 6.04 Å². The molecule has 0 amide bonds. The van der Waals surface area contributed by atoms with Crippen molar-refractivity contribution in [1.29, 1.82) is 0 Å². The first-order valence-corrected chi connectivity index (χ1v) is 8.98. The first-order chi connectivity index (χ1) is 8.62. The molecule has 2 aliphatic carbocycles. The average molecular weight is 274 g/mol. The molecule has 0 radical (unpaired) electrons. The van der Waals surface area contributed by atoms with Gasteiger partial charge in [-0.05, 0) is 63.5 Å². The molecule has 0 aromatic heterocycles. The third-order valence-electron chi connectivity index (χ3n) is 3.84. The molecule has 106 valence electrons. The minimum Gasteiger partial charge on any atom is -0.317 e. The SMILES string of the molecule is CCNCCCCS(=O)(=O)NC(C1CC1)C1CC1. The Labute approximate surface area is 111 Å². The van der Waals surface area contributed by atoms with Gasteiger partial charge < -0.3 is 5.32 Å². The van der Waals surface area contributed by atoms with Crippen LogP contribution in [-0.4, -0.2) is 33.3 Å². The molecule has 2 rings (SSSR count). The monoisotopic (exact) mass is 274 g/mol. The van der Waals surface area contributed by atoms with E-state index in [9.17, 15) is 8.42 Å². The zero-order valence-electron chi connectivity index (χ0n) is 11.3. The van der Waals surface area contributed by atoms with Crippen LogP contribution in [0.25, 0.3) is 0 Å². The third kappa shape index (κ3) is 4.86. The predicted molar refractivity (Wildman–Crippen MR) is 73.9 cm³/mol. The molecular weight excluding hydrogens is 248 g/mol. The molecule has 0 unspecified atom stereocenters. The highest BCUT2D eigenvalue weighted by atomic mass is 32.2. The van der Waals surface area contributed by atoms with Crippen molar-refractivity contribution in [3.63, 3.8) is 0 Å². The molecule has 18 heavy (non-hydrogen) atoms. The fraction of sp³-hybridized carbons (Fsp3) is 1.00. The van der Waals surface area contributed by atoms with Gasteiger partial charge >= 0.3 is 0 Å². The maximum Gasteiger partial charge on any atom is 0.211 e. The van der Waals surface area contributed by atoms with E-state index in [0.29, 0.717) is 11.8 Å². The summed E-state index contributed by atoms with van der Waals surface area (Å²) < 4.78 is 27.0. The highest BCUT2D eigenvalue weighted by molar-refractivity contribution is 7.89. The van der Waals surface area contributed by atoms with Crippen molar-refractivity contribution in [3.05, 3.63) is 0 Å². The molecule has 0 aromatic rings. The van der Waals surface area contributed by atoms with Crippen LogP contribution < -0.4 is 10.0 Å². The number of nitrogens with one attached hydrogen (secondary N) is 2. The van der Waals surface area contributed by atoms with Gasteiger partial charge in [0.05, 0.1) is 5.75 Å². The summed E-state index contributed by atoms with van der Waals surface area (Å²) in [6.07, 6.45) is 6.54. The van der Waals surface area contributed by atoms with E-state index < -0.39 is 10.0 Å². The van der Waals surface area contributed by atoms with Crippen LogP contribution in [0.15, 0.2) is 0 Å². The number of sulfonamides is 1. The zero-order chi connectivity index (χ0) is 13.0. The Kier molecular flexibility index (Phi) is 5.04. The Hall–Kier alpha value is -0.130. The molecule has 0 aromatic carbocycles. The highest BCUT2D eigenvalue weighted by Gasteiger charge is 2.43. The molecule has 5 heteroatoms. The largest absolute Gasteiger partial charge is 0.317 e. The van der Waals surface area contributed by atoms with Gasteiger partial charge in [0.25, 0.3) is 0 Å². The first-order valence-electron chi connectivity index (χ1n) is 7.33. The molecule has 0 atom stereocenters. The normalized spacial score (nSPS) is 20.6. The van der Waals surface area contributed by atoms with Crippen LogP contribution in [0, 0.1) is 11.8 Å². The summed E-state index contributed by atoms with van der Waals surface area (Å²) in [6.45, 7) is 3.94. The maximum atomic E-state index is 12.0. The van der Waals surface area contributed by atoms with Gasteiger partial charge in [-0.3, -0.25) is 0 Å². The molecule has 0 heterocycles. The van der Waals surface area contributed by atoms with E-state index in [2.05, 4.69) is 17.0 Å². The van der Waals surface area contributed by atoms with Crippen LogP contribution in [-0.2, 0) is 10.0 Å². The summed E-state index contributed by atoms with van der Waals surface area (Å²) in [5, 5.41) is 3.22. The fourth-order valence-corrected chi connectivity index (χ4v) is 3.97. The fourth-order valence-electron chi connectivity index (χ4n) is 2.47. The standard InChI is InChI=1S/C13H26N2O2S/c1-2-14-9-3-4-10-18(16,17)15-13(11-5-6-11)12-7-8-12/h11-15H,2-10H2,1H3. The van der Waals surface area contributed by atoms with Gasteiger partial charge in [-0.1, -0.05) is 6.92 Å². The number of hydrogen-bond donors (Lipinski definition) is 2. The molecule has 0 aliphatic heterocycles. The van der Waals surface area contributed by atoms with Crippen molar-refractivity contribution in [1.82, 2.24) is 10.0 Å². The quantitative estimate of drug-likeness (QED) is 0.593. The van der Waals surface area contributed by atoms with E-state index in [1.807, 2.05) is 0 Å². The lowest BCUT2D eigenvalue weighted by Crippen LogP contribution is -2.39. The van der Waals surface area contributed by atoms with Gasteiger partial charge in [0.1, 0.15) is 0 Å². The molecule has 0 spiro atoms. The van der Waals surface area contributed by atoms with E-state index in [1.165, 1.54) is 25.7 Å². The second-order valence-electron chi connectivity index (χ2n) is 5.70. The maximum absolute atomic E-state index is 12.0. The topological polar surface area (TPSA) is 58.2 Å². The van der Waals surface area contributed by atoms with Crippen LogP contribution in [0.1, 0.15) is 45.4 Å². The van der Waals surface area contributed by atoms with Gasteiger partial charge in [0.15, 0.2) is 0 Å². The second-order valence-corrected chi connectivity index (χ2v) is 7.57. The highest BCUT2D eigenvalue weighted by Crippen LogP contribution is 2.44. The van der Waals surface area contributed by atoms with Gasteiger partial charge in [0.2, 0.25) is 10.0 Å². The zero-order valence-corrected chi connectivity index (χ0v) is 12.1. The van der Waals surface area contributed by atoms with Crippen LogP contribution in [0.5, 0.6) is 0 Å². The van der Waals surface area contributed by atoms with E-state index in [-0.39, 0.29) is 11.8 Å². The lowest BCUT2D eigenvalue weighted by Gasteiger charge is -2.17. The summed E-state index contributed by atoms with van der Waals surface area (Å²) in [7, 11) is -3.06. The van der Waals surface area contributed by atoms with Crippen LogP contribution in [0.4, 0.5) is 0 Å². The van der Waals surface area contributed by atoms with E-state index in [0.717, 1.165) is 25.9 Å². The summed E-state index contributed by atoms with van der Waals surface area (Å²) in [6, 6.07) is 0.253. The minimum absolute atomic E-state index is 0.253. The lowest BCUT2D eigenvalue weighted by atomic mass is 10.1. The van der Waals surface area contributed by atoms with Crippen LogP contribution in [0.3, 0.4) is 0 Å². The number of hydrogen-bond acceptors (Lipinski definition) is 3. The molecular formula is C13H26N2O2S. The van der Waals surface area contributed by atoms with Crippen molar-refractivity contribution in [2.24, 2.45) is 11.8 Å². The van der Waals surface area contributed by atoms with E-state index >= 15 is 0 Å². The Morgan fingerprint density at radius 1 is 1.11 bits per heavy atom. The van der Waals surface area contributed by atoms with Crippen molar-refractivity contribution in [2.45, 2.75) is 51.5 Å². The van der Waals surface area contributed by atoms with Crippen molar-refractivity contribution in [2.75, 3.05) is 18.8 Å². The van der Waals surface area contributed by atoms with Gasteiger partial charge in [-0.25, -0.2) is 13.1 Å². The van der Waals surface area contributed by atoms with E-state index in [1.54, 1.807) is 0 Å². The van der Waals surface area contributed by atoms with Gasteiger partial charge in [-0.2, -0.15) is 0 Å². The average Bonchev–Trinajstić information content (AvgIpc) is 3.17. The second kappa shape index (κ2) is 6.35. The number of unbranched alkanes of at least 4 members (excludes halogenated alkanes) is 1. The Morgan fingerprint density at radius 3 is 2.22 bits per heavy atom. The smallest absolute Gasteiger partial charge is 0.211 e. The lowest BCUT2D eigenvalue weighted by molar-refractivity contribution is 0.470. The first kappa shape index (κ1) is 14.3. The predicted octanol–water partition coefficient (Wildman–Crippen LogP) is 1.48. The number of rotatable bonds is 10. The summed E-state index contributed by atoms with van der Waals surface area (Å²) in [4.78, 5) is 0. The molecule has 0 bridgehead atoms. The Bertz CT molecular complexity index is 336. The van der Waals surface area contributed by atoms with Crippen LogP contribution >= 0.6 is 0 Å². The van der Waals surface area contributed by atoms with Gasteiger partial charge in [-0.15, -0.1) is 0 Å². The summed E-state index contributed by atoms with van der Waals surface area (Å²) >= 11 is 0. The van der Waals surface area contributed by atoms with Crippen molar-refractivity contribution < 1.29 is 8.42 Å². The molecule has 2 aliphatic rings. The van der Waals surface area contributed by atoms with Crippen molar-refractivity contribution >= 4 is 10.0 Å². The summed E-state index contributed by atoms with van der Waals surface area (Å²) in [5.41, 5.74) is 0. The molecule has 0 saturated heterocycles. The molecule has 4 nitrogen and oxygen atoms in total. The van der Waals surface area contributed by atoms with Crippen LogP contribution in [0.2, 0.25) is 0 Å². The summed E-state index contributed by atoms with van der Waals surface area (Å²) in [5.74, 6) is 1.55. The van der Waals surface area contributed by atoms with Crippen molar-refractivity contribution in [3.8, 4) is 0 Å². The minimum atomic E-state index is -3.06. The Morgan fingerprint density at radius 2 is 1.72 bits per heavy atom. The molecule has 2 fully saturated rings.